The highest BCUT2D eigenvalue weighted by molar-refractivity contribution is 8.00. The molecular formula is C20H20N2O3S. The minimum absolute atomic E-state index is 0.00638. The number of carbonyl (C=O) groups is 1. The van der Waals surface area contributed by atoms with E-state index in [0.717, 1.165) is 22.8 Å². The fourth-order valence-corrected chi connectivity index (χ4v) is 4.30. The number of carbonyl (C=O) groups excluding carboxylic acids is 1. The molecule has 0 N–H and O–H groups in total. The van der Waals surface area contributed by atoms with Crippen molar-refractivity contribution in [3.63, 3.8) is 0 Å². The van der Waals surface area contributed by atoms with Gasteiger partial charge in [0.15, 0.2) is 0 Å². The zero-order valence-electron chi connectivity index (χ0n) is 14.5. The Morgan fingerprint density at radius 2 is 2.12 bits per heavy atom. The Balaban J connectivity index is 1.60. The number of furan rings is 1. The number of nitrogens with zero attached hydrogens (tertiary/aromatic N) is 2. The van der Waals surface area contributed by atoms with Gasteiger partial charge in [-0.1, -0.05) is 12.1 Å². The van der Waals surface area contributed by atoms with Gasteiger partial charge in [-0.15, -0.1) is 11.8 Å². The largest absolute Gasteiger partial charge is 0.492 e. The number of hydrogen-bond donors (Lipinski definition) is 0. The van der Waals surface area contributed by atoms with Crippen LogP contribution in [-0.2, 0) is 11.3 Å². The normalized spacial score (nSPS) is 17.0. The van der Waals surface area contributed by atoms with Crippen LogP contribution in [0.2, 0.25) is 0 Å². The summed E-state index contributed by atoms with van der Waals surface area (Å²) in [5.41, 5.74) is 2.09. The Labute approximate surface area is 156 Å². The van der Waals surface area contributed by atoms with Crippen LogP contribution in [0, 0.1) is 0 Å². The minimum Gasteiger partial charge on any atom is -0.492 e. The first-order valence-electron chi connectivity index (χ1n) is 8.60. The standard InChI is InChI=1S/C20H20N2O3S/c1-2-24-18-8-4-3-7-17(18)21-10-9-15(12-21)20-22(19(23)14-26-20)13-16-6-5-11-25-16/h3-12,20H,2,13-14H2,1H3/t20-/m0/s1. The van der Waals surface area contributed by atoms with E-state index in [0.29, 0.717) is 18.9 Å². The zero-order valence-corrected chi connectivity index (χ0v) is 15.3. The van der Waals surface area contributed by atoms with Crippen LogP contribution in [0.4, 0.5) is 0 Å². The molecule has 3 aromatic rings. The maximum Gasteiger partial charge on any atom is 0.234 e. The molecule has 6 heteroatoms. The van der Waals surface area contributed by atoms with Crippen molar-refractivity contribution in [2.24, 2.45) is 0 Å². The van der Waals surface area contributed by atoms with E-state index in [1.54, 1.807) is 18.0 Å². The SMILES string of the molecule is CCOc1ccccc1-n1ccc([C@@H]2SCC(=O)N2Cc2ccco2)c1. The van der Waals surface area contributed by atoms with E-state index in [2.05, 4.69) is 16.8 Å². The lowest BCUT2D eigenvalue weighted by molar-refractivity contribution is -0.128. The number of thioether (sulfide) groups is 1. The highest BCUT2D eigenvalue weighted by atomic mass is 32.2. The third-order valence-corrected chi connectivity index (χ3v) is 5.57. The molecule has 134 valence electrons. The molecule has 1 atom stereocenters. The quantitative estimate of drug-likeness (QED) is 0.653. The molecule has 26 heavy (non-hydrogen) atoms. The van der Waals surface area contributed by atoms with Gasteiger partial charge in [0.25, 0.3) is 0 Å². The van der Waals surface area contributed by atoms with E-state index in [9.17, 15) is 4.79 Å². The Bertz CT molecular complexity index is 888. The molecule has 0 unspecified atom stereocenters. The van der Waals surface area contributed by atoms with Crippen molar-refractivity contribution in [1.29, 1.82) is 0 Å². The average Bonchev–Trinajstić information content (AvgIpc) is 3.39. The summed E-state index contributed by atoms with van der Waals surface area (Å²) in [6.45, 7) is 3.09. The highest BCUT2D eigenvalue weighted by Crippen LogP contribution is 2.40. The van der Waals surface area contributed by atoms with Gasteiger partial charge in [0.05, 0.1) is 30.9 Å². The Morgan fingerprint density at radius 1 is 1.23 bits per heavy atom. The molecule has 0 saturated carbocycles. The lowest BCUT2D eigenvalue weighted by Gasteiger charge is -2.22. The summed E-state index contributed by atoms with van der Waals surface area (Å²) in [7, 11) is 0. The monoisotopic (exact) mass is 368 g/mol. The second-order valence-electron chi connectivity index (χ2n) is 6.02. The molecule has 2 aromatic heterocycles. The predicted octanol–water partition coefficient (Wildman–Crippen LogP) is 4.24. The summed E-state index contributed by atoms with van der Waals surface area (Å²) in [6.07, 6.45) is 5.73. The molecule has 1 aromatic carbocycles. The smallest absolute Gasteiger partial charge is 0.234 e. The van der Waals surface area contributed by atoms with E-state index in [1.165, 1.54) is 0 Å². The van der Waals surface area contributed by atoms with Gasteiger partial charge in [0.2, 0.25) is 5.91 Å². The second-order valence-corrected chi connectivity index (χ2v) is 7.09. The van der Waals surface area contributed by atoms with E-state index < -0.39 is 0 Å². The van der Waals surface area contributed by atoms with E-state index in [4.69, 9.17) is 9.15 Å². The van der Waals surface area contributed by atoms with E-state index in [-0.39, 0.29) is 11.3 Å². The van der Waals surface area contributed by atoms with Gasteiger partial charge >= 0.3 is 0 Å². The molecule has 0 aliphatic carbocycles. The van der Waals surface area contributed by atoms with Crippen molar-refractivity contribution < 1.29 is 13.9 Å². The molecule has 3 heterocycles. The number of hydrogen-bond acceptors (Lipinski definition) is 4. The molecule has 1 fully saturated rings. The molecule has 1 aliphatic rings. The number of benzene rings is 1. The van der Waals surface area contributed by atoms with Crippen molar-refractivity contribution in [3.05, 3.63) is 72.4 Å². The van der Waals surface area contributed by atoms with Gasteiger partial charge in [-0.05, 0) is 37.3 Å². The summed E-state index contributed by atoms with van der Waals surface area (Å²) in [6, 6.07) is 13.8. The van der Waals surface area contributed by atoms with Gasteiger partial charge in [0.1, 0.15) is 16.9 Å². The number of aromatic nitrogens is 1. The van der Waals surface area contributed by atoms with Crippen LogP contribution >= 0.6 is 11.8 Å². The number of para-hydroxylation sites is 2. The van der Waals surface area contributed by atoms with Crippen LogP contribution in [0.1, 0.15) is 23.6 Å². The molecule has 0 radical (unpaired) electrons. The Hall–Kier alpha value is -2.60. The molecule has 0 spiro atoms. The first-order chi connectivity index (χ1) is 12.8. The summed E-state index contributed by atoms with van der Waals surface area (Å²) in [4.78, 5) is 14.2. The van der Waals surface area contributed by atoms with E-state index >= 15 is 0 Å². The van der Waals surface area contributed by atoms with Crippen molar-refractivity contribution in [3.8, 4) is 11.4 Å². The Morgan fingerprint density at radius 3 is 2.92 bits per heavy atom. The first kappa shape index (κ1) is 16.8. The number of rotatable bonds is 6. The van der Waals surface area contributed by atoms with Crippen LogP contribution in [0.5, 0.6) is 5.75 Å². The van der Waals surface area contributed by atoms with E-state index in [1.807, 2.05) is 54.4 Å². The third kappa shape index (κ3) is 3.24. The average molecular weight is 368 g/mol. The molecule has 0 bridgehead atoms. The molecular weight excluding hydrogens is 348 g/mol. The second kappa shape index (κ2) is 7.33. The van der Waals surface area contributed by atoms with Crippen molar-refractivity contribution in [2.45, 2.75) is 18.8 Å². The topological polar surface area (TPSA) is 47.6 Å². The maximum atomic E-state index is 12.3. The van der Waals surface area contributed by atoms with Crippen molar-refractivity contribution >= 4 is 17.7 Å². The van der Waals surface area contributed by atoms with Gasteiger partial charge in [-0.2, -0.15) is 0 Å². The summed E-state index contributed by atoms with van der Waals surface area (Å²) < 4.78 is 13.2. The molecule has 1 saturated heterocycles. The minimum atomic E-state index is -0.00638. The maximum absolute atomic E-state index is 12.3. The summed E-state index contributed by atoms with van der Waals surface area (Å²) in [5, 5.41) is -0.00638. The number of amides is 1. The lowest BCUT2D eigenvalue weighted by Crippen LogP contribution is -2.27. The molecule has 5 nitrogen and oxygen atoms in total. The lowest BCUT2D eigenvalue weighted by atomic mass is 10.2. The fourth-order valence-electron chi connectivity index (χ4n) is 3.13. The Kier molecular flexibility index (Phi) is 4.75. The predicted molar refractivity (Wildman–Crippen MR) is 101 cm³/mol. The van der Waals surface area contributed by atoms with Crippen LogP contribution in [-0.4, -0.2) is 27.7 Å². The van der Waals surface area contributed by atoms with Gasteiger partial charge in [-0.25, -0.2) is 0 Å². The summed E-state index contributed by atoms with van der Waals surface area (Å²) in [5.74, 6) is 2.28. The van der Waals surface area contributed by atoms with Crippen molar-refractivity contribution in [2.75, 3.05) is 12.4 Å². The molecule has 1 aliphatic heterocycles. The van der Waals surface area contributed by atoms with Crippen LogP contribution in [0.3, 0.4) is 0 Å². The molecule has 4 rings (SSSR count). The summed E-state index contributed by atoms with van der Waals surface area (Å²) >= 11 is 1.65. The van der Waals surface area contributed by atoms with Crippen LogP contribution < -0.4 is 4.74 Å². The molecule has 1 amide bonds. The van der Waals surface area contributed by atoms with Crippen molar-refractivity contribution in [1.82, 2.24) is 9.47 Å². The van der Waals surface area contributed by atoms with Crippen LogP contribution in [0.25, 0.3) is 5.69 Å². The fraction of sp³-hybridized carbons (Fsp3) is 0.250. The number of ether oxygens (including phenoxy) is 1. The van der Waals surface area contributed by atoms with Gasteiger partial charge in [0, 0.05) is 18.0 Å². The third-order valence-electron chi connectivity index (χ3n) is 4.32. The first-order valence-corrected chi connectivity index (χ1v) is 9.64. The van der Waals surface area contributed by atoms with Gasteiger partial charge in [-0.3, -0.25) is 4.79 Å². The highest BCUT2D eigenvalue weighted by Gasteiger charge is 2.33. The van der Waals surface area contributed by atoms with Gasteiger partial charge < -0.3 is 18.6 Å². The zero-order chi connectivity index (χ0) is 17.9. The van der Waals surface area contributed by atoms with Crippen LogP contribution in [0.15, 0.2) is 65.5 Å².